The van der Waals surface area contributed by atoms with Crippen molar-refractivity contribution in [2.45, 2.75) is 6.92 Å². The van der Waals surface area contributed by atoms with E-state index in [1.807, 2.05) is 40.5 Å². The third-order valence-corrected chi connectivity index (χ3v) is 6.15. The second kappa shape index (κ2) is 8.88. The summed E-state index contributed by atoms with van der Waals surface area (Å²) in [6.45, 7) is 2.05. The largest absolute Gasteiger partial charge is 0.495 e. The number of carbonyl (C=O) groups excluding carboxylic acids is 1. The minimum absolute atomic E-state index is 0.243. The predicted molar refractivity (Wildman–Crippen MR) is 126 cm³/mol. The van der Waals surface area contributed by atoms with Gasteiger partial charge in [0.1, 0.15) is 16.4 Å². The quantitative estimate of drug-likeness (QED) is 0.366. The number of anilines is 1. The Morgan fingerprint density at radius 1 is 1.03 bits per heavy atom. The first-order valence-electron chi connectivity index (χ1n) is 9.56. The molecule has 0 atom stereocenters. The van der Waals surface area contributed by atoms with Crippen LogP contribution in [0.3, 0.4) is 0 Å². The second-order valence-corrected chi connectivity index (χ2v) is 8.21. The van der Waals surface area contributed by atoms with Gasteiger partial charge < -0.3 is 19.4 Å². The molecule has 31 heavy (non-hydrogen) atoms. The molecule has 2 aromatic carbocycles. The molecule has 0 aliphatic rings. The van der Waals surface area contributed by atoms with Gasteiger partial charge in [0.15, 0.2) is 0 Å². The molecule has 0 saturated carbocycles. The number of hydrogen-bond acceptors (Lipinski definition) is 4. The van der Waals surface area contributed by atoms with Crippen LogP contribution >= 0.6 is 22.9 Å². The number of nitrogens with one attached hydrogen (secondary N) is 1. The highest BCUT2D eigenvalue weighted by Gasteiger charge is 2.22. The molecule has 4 rings (SSSR count). The molecule has 1 amide bonds. The predicted octanol–water partition coefficient (Wildman–Crippen LogP) is 6.44. The maximum absolute atomic E-state index is 13.3. The minimum Gasteiger partial charge on any atom is -0.495 e. The highest BCUT2D eigenvalue weighted by atomic mass is 35.5. The van der Waals surface area contributed by atoms with Crippen molar-refractivity contribution in [1.29, 1.82) is 0 Å². The number of aromatic nitrogens is 1. The number of benzene rings is 2. The average molecular weight is 453 g/mol. The molecule has 0 fully saturated rings. The summed E-state index contributed by atoms with van der Waals surface area (Å²) >= 11 is 7.66. The standard InChI is InChI=1S/C24H21ClN2O3S/c1-15-7-6-8-16(11-15)17-14-31-23(22(17)27-9-4-5-10-27)24(28)26-19-12-18(25)20(29-2)13-21(19)30-3/h4-14H,1-3H3,(H,26,28). The van der Waals surface area contributed by atoms with Gasteiger partial charge in [0.25, 0.3) is 5.91 Å². The van der Waals surface area contributed by atoms with Crippen LogP contribution in [0.4, 0.5) is 5.69 Å². The first kappa shape index (κ1) is 21.0. The van der Waals surface area contributed by atoms with Crippen LogP contribution in [0.1, 0.15) is 15.2 Å². The summed E-state index contributed by atoms with van der Waals surface area (Å²) in [7, 11) is 3.06. The van der Waals surface area contributed by atoms with Crippen LogP contribution in [0.25, 0.3) is 16.8 Å². The number of nitrogens with zero attached hydrogens (tertiary/aromatic N) is 1. The number of carbonyl (C=O) groups is 1. The number of halogens is 1. The van der Waals surface area contributed by atoms with Gasteiger partial charge in [-0.15, -0.1) is 11.3 Å². The zero-order chi connectivity index (χ0) is 22.0. The molecule has 0 unspecified atom stereocenters. The Bertz CT molecular complexity index is 1230. The van der Waals surface area contributed by atoms with Gasteiger partial charge in [0.05, 0.1) is 30.6 Å². The number of thiophene rings is 1. The van der Waals surface area contributed by atoms with Crippen LogP contribution in [0.5, 0.6) is 11.5 Å². The SMILES string of the molecule is COc1cc(OC)c(NC(=O)c2scc(-c3cccc(C)c3)c2-n2cccc2)cc1Cl. The zero-order valence-corrected chi connectivity index (χ0v) is 18.9. The van der Waals surface area contributed by atoms with Crippen molar-refractivity contribution >= 4 is 34.5 Å². The number of methoxy groups -OCH3 is 2. The molecule has 2 heterocycles. The molecular formula is C24H21ClN2O3S. The van der Waals surface area contributed by atoms with E-state index in [1.54, 1.807) is 12.1 Å². The lowest BCUT2D eigenvalue weighted by atomic mass is 10.0. The number of hydrogen-bond donors (Lipinski definition) is 1. The van der Waals surface area contributed by atoms with Crippen LogP contribution < -0.4 is 14.8 Å². The summed E-state index contributed by atoms with van der Waals surface area (Å²) in [5, 5.41) is 5.34. The molecule has 0 bridgehead atoms. The van der Waals surface area contributed by atoms with E-state index in [9.17, 15) is 4.79 Å². The van der Waals surface area contributed by atoms with E-state index in [0.29, 0.717) is 27.1 Å². The van der Waals surface area contributed by atoms with Gasteiger partial charge in [-0.3, -0.25) is 4.79 Å². The smallest absolute Gasteiger partial charge is 0.268 e. The third kappa shape index (κ3) is 4.17. The molecule has 0 radical (unpaired) electrons. The Morgan fingerprint density at radius 3 is 2.45 bits per heavy atom. The van der Waals surface area contributed by atoms with Crippen LogP contribution in [0, 0.1) is 6.92 Å². The summed E-state index contributed by atoms with van der Waals surface area (Å²) < 4.78 is 12.6. The molecule has 0 spiro atoms. The van der Waals surface area contributed by atoms with Crippen LogP contribution in [-0.2, 0) is 0 Å². The zero-order valence-electron chi connectivity index (χ0n) is 17.3. The van der Waals surface area contributed by atoms with E-state index in [-0.39, 0.29) is 5.91 Å². The van der Waals surface area contributed by atoms with Gasteiger partial charge in [-0.05, 0) is 30.7 Å². The van der Waals surface area contributed by atoms with Gasteiger partial charge in [-0.2, -0.15) is 0 Å². The van der Waals surface area contributed by atoms with Gasteiger partial charge in [-0.1, -0.05) is 41.4 Å². The molecule has 0 aliphatic heterocycles. The van der Waals surface area contributed by atoms with Crippen molar-refractivity contribution in [3.8, 4) is 28.3 Å². The van der Waals surface area contributed by atoms with Crippen molar-refractivity contribution in [2.75, 3.05) is 19.5 Å². The molecule has 158 valence electrons. The van der Waals surface area contributed by atoms with E-state index in [1.165, 1.54) is 25.6 Å². The second-order valence-electron chi connectivity index (χ2n) is 6.93. The number of amides is 1. The van der Waals surface area contributed by atoms with Crippen molar-refractivity contribution in [2.24, 2.45) is 0 Å². The topological polar surface area (TPSA) is 52.5 Å². The molecule has 7 heteroatoms. The molecule has 1 N–H and O–H groups in total. The van der Waals surface area contributed by atoms with Gasteiger partial charge in [-0.25, -0.2) is 0 Å². The Morgan fingerprint density at radius 2 is 1.77 bits per heavy atom. The summed E-state index contributed by atoms with van der Waals surface area (Å²) in [6, 6.07) is 15.4. The molecular weight excluding hydrogens is 432 g/mol. The lowest BCUT2D eigenvalue weighted by Crippen LogP contribution is -2.13. The van der Waals surface area contributed by atoms with Gasteiger partial charge in [0, 0.05) is 29.4 Å². The van der Waals surface area contributed by atoms with E-state index in [0.717, 1.165) is 22.4 Å². The Balaban J connectivity index is 1.77. The summed E-state index contributed by atoms with van der Waals surface area (Å²) in [5.74, 6) is 0.696. The molecule has 2 aromatic heterocycles. The van der Waals surface area contributed by atoms with Crippen molar-refractivity contribution in [3.63, 3.8) is 0 Å². The number of rotatable bonds is 6. The summed E-state index contributed by atoms with van der Waals surface area (Å²) in [4.78, 5) is 13.9. The Hall–Kier alpha value is -3.22. The minimum atomic E-state index is -0.243. The molecule has 0 aliphatic carbocycles. The lowest BCUT2D eigenvalue weighted by Gasteiger charge is -2.14. The van der Waals surface area contributed by atoms with E-state index in [2.05, 4.69) is 30.4 Å². The van der Waals surface area contributed by atoms with Gasteiger partial charge >= 0.3 is 0 Å². The molecule has 5 nitrogen and oxygen atoms in total. The highest BCUT2D eigenvalue weighted by Crippen LogP contribution is 2.38. The van der Waals surface area contributed by atoms with Crippen molar-refractivity contribution < 1.29 is 14.3 Å². The average Bonchev–Trinajstić information content (AvgIpc) is 3.43. The van der Waals surface area contributed by atoms with Crippen molar-refractivity contribution in [1.82, 2.24) is 4.57 Å². The fourth-order valence-electron chi connectivity index (χ4n) is 3.41. The van der Waals surface area contributed by atoms with Crippen LogP contribution in [0.2, 0.25) is 5.02 Å². The first-order chi connectivity index (χ1) is 15.0. The third-order valence-electron chi connectivity index (χ3n) is 4.88. The summed E-state index contributed by atoms with van der Waals surface area (Å²) in [5.41, 5.74) is 4.52. The van der Waals surface area contributed by atoms with Gasteiger partial charge in [0.2, 0.25) is 0 Å². The lowest BCUT2D eigenvalue weighted by molar-refractivity contribution is 0.103. The Labute approximate surface area is 189 Å². The highest BCUT2D eigenvalue weighted by molar-refractivity contribution is 7.13. The molecule has 0 saturated heterocycles. The normalized spacial score (nSPS) is 10.7. The first-order valence-corrected chi connectivity index (χ1v) is 10.8. The van der Waals surface area contributed by atoms with Crippen LogP contribution in [-0.4, -0.2) is 24.7 Å². The monoisotopic (exact) mass is 452 g/mol. The number of aryl methyl sites for hydroxylation is 1. The van der Waals surface area contributed by atoms with E-state index >= 15 is 0 Å². The van der Waals surface area contributed by atoms with E-state index < -0.39 is 0 Å². The fraction of sp³-hybridized carbons (Fsp3) is 0.125. The maximum atomic E-state index is 13.3. The fourth-order valence-corrected chi connectivity index (χ4v) is 4.62. The summed E-state index contributed by atoms with van der Waals surface area (Å²) in [6.07, 6.45) is 3.87. The van der Waals surface area contributed by atoms with E-state index in [4.69, 9.17) is 21.1 Å². The van der Waals surface area contributed by atoms with Crippen LogP contribution in [0.15, 0.2) is 66.3 Å². The van der Waals surface area contributed by atoms with Crippen molar-refractivity contribution in [3.05, 3.63) is 81.8 Å². The Kier molecular flexibility index (Phi) is 6.02. The number of ether oxygens (including phenoxy) is 2. The maximum Gasteiger partial charge on any atom is 0.268 e. The molecule has 4 aromatic rings.